The normalized spacial score (nSPS) is 10.8. The summed E-state index contributed by atoms with van der Waals surface area (Å²) in [4.78, 5) is 11.0. The molecule has 0 fully saturated rings. The Kier molecular flexibility index (Phi) is 2.19. The summed E-state index contributed by atoms with van der Waals surface area (Å²) in [7, 11) is 1.83. The molecule has 0 aliphatic carbocycles. The highest BCUT2D eigenvalue weighted by atomic mass is 16.4. The van der Waals surface area contributed by atoms with Crippen molar-refractivity contribution in [3.8, 4) is 0 Å². The lowest BCUT2D eigenvalue weighted by atomic mass is 10.0. The van der Waals surface area contributed by atoms with Crippen LogP contribution in [0.3, 0.4) is 0 Å². The number of carboxylic acid groups (broad SMARTS) is 1. The molecule has 0 aliphatic rings. The minimum Gasteiger partial charge on any atom is -0.478 e. The van der Waals surface area contributed by atoms with E-state index < -0.39 is 5.97 Å². The summed E-state index contributed by atoms with van der Waals surface area (Å²) >= 11 is 0. The number of nitrogens with zero attached hydrogens (tertiary/aromatic N) is 2. The van der Waals surface area contributed by atoms with Crippen molar-refractivity contribution in [2.75, 3.05) is 0 Å². The third-order valence-corrected chi connectivity index (χ3v) is 2.60. The van der Waals surface area contributed by atoms with Crippen LogP contribution in [0.15, 0.2) is 18.3 Å². The van der Waals surface area contributed by atoms with Crippen LogP contribution < -0.4 is 0 Å². The van der Waals surface area contributed by atoms with Crippen LogP contribution in [0.5, 0.6) is 0 Å². The summed E-state index contributed by atoms with van der Waals surface area (Å²) in [6, 6.07) is 3.50. The number of hydrogen-bond acceptors (Lipinski definition) is 2. The van der Waals surface area contributed by atoms with E-state index in [1.807, 2.05) is 20.0 Å². The van der Waals surface area contributed by atoms with Gasteiger partial charge in [0.2, 0.25) is 0 Å². The van der Waals surface area contributed by atoms with E-state index >= 15 is 0 Å². The van der Waals surface area contributed by atoms with Crippen molar-refractivity contribution < 1.29 is 9.90 Å². The van der Waals surface area contributed by atoms with E-state index in [0.29, 0.717) is 10.9 Å². The van der Waals surface area contributed by atoms with Gasteiger partial charge < -0.3 is 5.11 Å². The maximum atomic E-state index is 11.0. The van der Waals surface area contributed by atoms with Gasteiger partial charge in [-0.1, -0.05) is 13.0 Å². The predicted molar refractivity (Wildman–Crippen MR) is 57.1 cm³/mol. The Hall–Kier alpha value is -1.84. The van der Waals surface area contributed by atoms with Crippen LogP contribution in [0.2, 0.25) is 0 Å². The molecule has 0 amide bonds. The topological polar surface area (TPSA) is 55.1 Å². The summed E-state index contributed by atoms with van der Waals surface area (Å²) in [5.41, 5.74) is 2.35. The first-order valence-corrected chi connectivity index (χ1v) is 4.82. The van der Waals surface area contributed by atoms with Gasteiger partial charge in [0.05, 0.1) is 17.3 Å². The Morgan fingerprint density at radius 2 is 2.27 bits per heavy atom. The van der Waals surface area contributed by atoms with Crippen LogP contribution in [0.25, 0.3) is 10.9 Å². The number of carbonyl (C=O) groups is 1. The second-order valence-electron chi connectivity index (χ2n) is 3.46. The highest BCUT2D eigenvalue weighted by Crippen LogP contribution is 2.22. The van der Waals surface area contributed by atoms with Gasteiger partial charge in [-0.15, -0.1) is 0 Å². The molecule has 2 aromatic rings. The minimum absolute atomic E-state index is 0.315. The average Bonchev–Trinajstić information content (AvgIpc) is 2.60. The molecule has 0 bridgehead atoms. The fourth-order valence-electron chi connectivity index (χ4n) is 1.84. The molecule has 1 heterocycles. The highest BCUT2D eigenvalue weighted by Gasteiger charge is 2.13. The van der Waals surface area contributed by atoms with Gasteiger partial charge in [-0.05, 0) is 18.1 Å². The second kappa shape index (κ2) is 3.38. The number of benzene rings is 1. The average molecular weight is 204 g/mol. The molecule has 4 heteroatoms. The van der Waals surface area contributed by atoms with Crippen LogP contribution in [0, 0.1) is 0 Å². The number of aryl methyl sites for hydroxylation is 2. The molecule has 1 aromatic carbocycles. The Morgan fingerprint density at radius 3 is 2.87 bits per heavy atom. The number of hydrogen-bond donors (Lipinski definition) is 1. The van der Waals surface area contributed by atoms with E-state index in [4.69, 9.17) is 5.11 Å². The van der Waals surface area contributed by atoms with Crippen molar-refractivity contribution in [1.82, 2.24) is 9.78 Å². The number of aromatic carboxylic acids is 1. The van der Waals surface area contributed by atoms with Gasteiger partial charge in [0.25, 0.3) is 0 Å². The second-order valence-corrected chi connectivity index (χ2v) is 3.46. The third-order valence-electron chi connectivity index (χ3n) is 2.60. The van der Waals surface area contributed by atoms with Gasteiger partial charge in [-0.3, -0.25) is 4.68 Å². The predicted octanol–water partition coefficient (Wildman–Crippen LogP) is 1.83. The summed E-state index contributed by atoms with van der Waals surface area (Å²) in [5.74, 6) is -0.907. The minimum atomic E-state index is -0.907. The molecule has 78 valence electrons. The lowest BCUT2D eigenvalue weighted by Crippen LogP contribution is -1.99. The number of carboxylic acids is 1. The molecule has 0 atom stereocenters. The molecule has 1 N–H and O–H groups in total. The van der Waals surface area contributed by atoms with Crippen molar-refractivity contribution in [2.24, 2.45) is 7.05 Å². The Bertz CT molecular complexity index is 529. The number of rotatable bonds is 2. The summed E-state index contributed by atoms with van der Waals surface area (Å²) < 4.78 is 1.72. The molecule has 0 spiro atoms. The summed E-state index contributed by atoms with van der Waals surface area (Å²) in [5, 5.41) is 13.8. The Morgan fingerprint density at radius 1 is 1.53 bits per heavy atom. The maximum Gasteiger partial charge on any atom is 0.336 e. The fraction of sp³-hybridized carbons (Fsp3) is 0.273. The van der Waals surface area contributed by atoms with Gasteiger partial charge in [0, 0.05) is 12.4 Å². The first kappa shape index (κ1) is 9.71. The van der Waals surface area contributed by atoms with Gasteiger partial charge in [-0.2, -0.15) is 5.10 Å². The largest absolute Gasteiger partial charge is 0.478 e. The first-order valence-electron chi connectivity index (χ1n) is 4.82. The molecule has 0 saturated carbocycles. The van der Waals surface area contributed by atoms with Crippen LogP contribution >= 0.6 is 0 Å². The zero-order chi connectivity index (χ0) is 11.0. The van der Waals surface area contributed by atoms with Crippen LogP contribution in [0.1, 0.15) is 22.8 Å². The SMILES string of the molecule is CCc1ccc(C(=O)O)c2cnn(C)c12. The van der Waals surface area contributed by atoms with E-state index in [2.05, 4.69) is 5.10 Å². The van der Waals surface area contributed by atoms with Crippen LogP contribution in [0.4, 0.5) is 0 Å². The molecule has 15 heavy (non-hydrogen) atoms. The smallest absolute Gasteiger partial charge is 0.336 e. The molecular weight excluding hydrogens is 192 g/mol. The van der Waals surface area contributed by atoms with Crippen LogP contribution in [-0.4, -0.2) is 20.9 Å². The van der Waals surface area contributed by atoms with E-state index in [-0.39, 0.29) is 0 Å². The maximum absolute atomic E-state index is 11.0. The lowest BCUT2D eigenvalue weighted by Gasteiger charge is -2.04. The van der Waals surface area contributed by atoms with Crippen molar-refractivity contribution in [1.29, 1.82) is 0 Å². The monoisotopic (exact) mass is 204 g/mol. The molecule has 4 nitrogen and oxygen atoms in total. The fourth-order valence-corrected chi connectivity index (χ4v) is 1.84. The Labute approximate surface area is 87.1 Å². The van der Waals surface area contributed by atoms with E-state index in [1.165, 1.54) is 0 Å². The van der Waals surface area contributed by atoms with Crippen LogP contribution in [-0.2, 0) is 13.5 Å². The van der Waals surface area contributed by atoms with Crippen molar-refractivity contribution in [3.63, 3.8) is 0 Å². The number of aromatic nitrogens is 2. The van der Waals surface area contributed by atoms with E-state index in [0.717, 1.165) is 17.5 Å². The zero-order valence-electron chi connectivity index (χ0n) is 8.69. The molecule has 0 aliphatic heterocycles. The molecule has 2 rings (SSSR count). The van der Waals surface area contributed by atoms with Gasteiger partial charge in [0.1, 0.15) is 0 Å². The van der Waals surface area contributed by atoms with Crippen molar-refractivity contribution >= 4 is 16.9 Å². The molecule has 0 radical (unpaired) electrons. The third kappa shape index (κ3) is 1.38. The molecule has 0 unspecified atom stereocenters. The summed E-state index contributed by atoms with van der Waals surface area (Å²) in [6.07, 6.45) is 2.48. The molecular formula is C11H12N2O2. The highest BCUT2D eigenvalue weighted by molar-refractivity contribution is 6.03. The van der Waals surface area contributed by atoms with E-state index in [1.54, 1.807) is 16.9 Å². The standard InChI is InChI=1S/C11H12N2O2/c1-3-7-4-5-8(11(14)15)9-6-12-13(2)10(7)9/h4-6H,3H2,1-2H3,(H,14,15). The Balaban J connectivity index is 2.85. The van der Waals surface area contributed by atoms with Gasteiger partial charge in [-0.25, -0.2) is 4.79 Å². The van der Waals surface area contributed by atoms with Crippen molar-refractivity contribution in [3.05, 3.63) is 29.5 Å². The lowest BCUT2D eigenvalue weighted by molar-refractivity contribution is 0.0699. The van der Waals surface area contributed by atoms with Gasteiger partial charge >= 0.3 is 5.97 Å². The molecule has 0 saturated heterocycles. The number of fused-ring (bicyclic) bond motifs is 1. The first-order chi connectivity index (χ1) is 7.15. The quantitative estimate of drug-likeness (QED) is 0.812. The van der Waals surface area contributed by atoms with E-state index in [9.17, 15) is 4.79 Å². The zero-order valence-corrected chi connectivity index (χ0v) is 8.69. The summed E-state index contributed by atoms with van der Waals surface area (Å²) in [6.45, 7) is 2.04. The van der Waals surface area contributed by atoms with Crippen molar-refractivity contribution in [2.45, 2.75) is 13.3 Å². The molecule has 1 aromatic heterocycles. The van der Waals surface area contributed by atoms with Gasteiger partial charge in [0.15, 0.2) is 0 Å².